The Morgan fingerprint density at radius 3 is 2.35 bits per heavy atom. The summed E-state index contributed by atoms with van der Waals surface area (Å²) in [4.78, 5) is 29.6. The molecule has 3 aromatic rings. The van der Waals surface area contributed by atoms with Crippen LogP contribution in [0.4, 0.5) is 11.4 Å². The number of hydrogen-bond acceptors (Lipinski definition) is 4. The number of nitrogens with zero attached hydrogens (tertiary/aromatic N) is 2. The first kappa shape index (κ1) is 24.0. The average molecular weight is 514 g/mol. The monoisotopic (exact) mass is 513 g/mol. The van der Waals surface area contributed by atoms with Gasteiger partial charge in [-0.2, -0.15) is 0 Å². The summed E-state index contributed by atoms with van der Waals surface area (Å²) < 4.78 is 5.23. The van der Waals surface area contributed by atoms with Crippen molar-refractivity contribution in [2.75, 3.05) is 17.3 Å². The zero-order chi connectivity index (χ0) is 24.2. The number of carbonyl (C=O) groups is 2. The lowest BCUT2D eigenvalue weighted by atomic mass is 10.1. The van der Waals surface area contributed by atoms with Crippen molar-refractivity contribution >= 4 is 63.7 Å². The molecule has 3 aromatic carbocycles. The fraction of sp³-hybridized carbons (Fsp3) is 0.160. The lowest BCUT2D eigenvalue weighted by molar-refractivity contribution is -0.124. The maximum atomic E-state index is 13.5. The van der Waals surface area contributed by atoms with Gasteiger partial charge in [-0.25, -0.2) is 0 Å². The third-order valence-corrected chi connectivity index (χ3v) is 6.44. The molecule has 1 aliphatic heterocycles. The Morgan fingerprint density at radius 1 is 1.03 bits per heavy atom. The highest BCUT2D eigenvalue weighted by Gasteiger charge is 2.44. The van der Waals surface area contributed by atoms with Gasteiger partial charge in [-0.1, -0.05) is 47.5 Å². The van der Waals surface area contributed by atoms with Gasteiger partial charge in [0.2, 0.25) is 5.91 Å². The number of benzene rings is 3. The number of ether oxygens (including phenoxy) is 1. The number of anilines is 2. The second kappa shape index (κ2) is 10.4. The van der Waals surface area contributed by atoms with Crippen LogP contribution in [0.15, 0.2) is 72.8 Å². The molecule has 0 unspecified atom stereocenters. The maximum Gasteiger partial charge on any atom is 0.256 e. The van der Waals surface area contributed by atoms with Crippen LogP contribution in [-0.4, -0.2) is 35.0 Å². The van der Waals surface area contributed by atoms with E-state index in [9.17, 15) is 9.59 Å². The molecule has 1 fully saturated rings. The van der Waals surface area contributed by atoms with Crippen molar-refractivity contribution in [2.24, 2.45) is 0 Å². The van der Waals surface area contributed by atoms with Crippen molar-refractivity contribution < 1.29 is 14.3 Å². The summed E-state index contributed by atoms with van der Waals surface area (Å²) in [5, 5.41) is 4.07. The van der Waals surface area contributed by atoms with E-state index in [4.69, 9.17) is 40.2 Å². The van der Waals surface area contributed by atoms with E-state index in [1.807, 2.05) is 24.3 Å². The quantitative estimate of drug-likeness (QED) is 0.420. The molecule has 0 radical (unpaired) electrons. The van der Waals surface area contributed by atoms with Gasteiger partial charge in [0.25, 0.3) is 5.91 Å². The Bertz CT molecular complexity index is 1220. The van der Waals surface area contributed by atoms with E-state index in [2.05, 4.69) is 5.32 Å². The molecule has 6 nitrogen and oxygen atoms in total. The van der Waals surface area contributed by atoms with Crippen LogP contribution in [0.25, 0.3) is 0 Å². The molecule has 34 heavy (non-hydrogen) atoms. The normalized spacial score (nSPS) is 15.6. The first-order valence-corrected chi connectivity index (χ1v) is 11.6. The standard InChI is InChI=1S/C25H21Cl2N3O3S/c1-33-19-12-6-16(7-13-19)15-29-22(14-23(31)28-21-5-3-2-4-20(21)27)24(32)30(25(29)34)18-10-8-17(26)9-11-18/h2-13,22H,14-15H2,1H3,(H,28,31)/t22-/m0/s1. The topological polar surface area (TPSA) is 61.9 Å². The summed E-state index contributed by atoms with van der Waals surface area (Å²) in [5.74, 6) is 0.101. The number of para-hydroxylation sites is 1. The number of methoxy groups -OCH3 is 1. The van der Waals surface area contributed by atoms with Gasteiger partial charge >= 0.3 is 0 Å². The molecule has 1 saturated heterocycles. The highest BCUT2D eigenvalue weighted by Crippen LogP contribution is 2.30. The van der Waals surface area contributed by atoms with Gasteiger partial charge in [-0.05, 0) is 66.3 Å². The molecule has 2 amide bonds. The summed E-state index contributed by atoms with van der Waals surface area (Å²) in [6.45, 7) is 0.350. The van der Waals surface area contributed by atoms with Gasteiger partial charge in [0, 0.05) is 11.6 Å². The van der Waals surface area contributed by atoms with E-state index >= 15 is 0 Å². The van der Waals surface area contributed by atoms with E-state index < -0.39 is 6.04 Å². The summed E-state index contributed by atoms with van der Waals surface area (Å²) in [5.41, 5.74) is 2.00. The fourth-order valence-electron chi connectivity index (χ4n) is 3.71. The number of rotatable bonds is 7. The second-order valence-corrected chi connectivity index (χ2v) is 8.87. The number of halogens is 2. The first-order chi connectivity index (χ1) is 16.4. The van der Waals surface area contributed by atoms with Crippen LogP contribution in [0.5, 0.6) is 5.75 Å². The molecular formula is C25H21Cl2N3O3S. The molecule has 1 heterocycles. The van der Waals surface area contributed by atoms with Crippen molar-refractivity contribution in [2.45, 2.75) is 19.0 Å². The highest BCUT2D eigenvalue weighted by atomic mass is 35.5. The summed E-state index contributed by atoms with van der Waals surface area (Å²) in [7, 11) is 1.60. The molecule has 1 N–H and O–H groups in total. The van der Waals surface area contributed by atoms with E-state index in [0.29, 0.717) is 33.1 Å². The Morgan fingerprint density at radius 2 is 1.71 bits per heavy atom. The van der Waals surface area contributed by atoms with Crippen LogP contribution < -0.4 is 15.0 Å². The van der Waals surface area contributed by atoms with Crippen LogP contribution in [0.1, 0.15) is 12.0 Å². The Labute approximate surface area is 213 Å². The highest BCUT2D eigenvalue weighted by molar-refractivity contribution is 7.80. The largest absolute Gasteiger partial charge is 0.497 e. The summed E-state index contributed by atoms with van der Waals surface area (Å²) in [6.07, 6.45) is -0.0928. The molecule has 1 atom stereocenters. The third kappa shape index (κ3) is 5.17. The fourth-order valence-corrected chi connectivity index (χ4v) is 4.40. The minimum absolute atomic E-state index is 0.0928. The van der Waals surface area contributed by atoms with Crippen LogP contribution >= 0.6 is 35.4 Å². The second-order valence-electron chi connectivity index (χ2n) is 7.66. The zero-order valence-corrected chi connectivity index (χ0v) is 20.5. The molecule has 0 aliphatic carbocycles. The molecular weight excluding hydrogens is 493 g/mol. The van der Waals surface area contributed by atoms with Gasteiger partial charge in [0.05, 0.1) is 29.9 Å². The minimum atomic E-state index is -0.784. The number of thiocarbonyl (C=S) groups is 1. The van der Waals surface area contributed by atoms with E-state index in [1.54, 1.807) is 60.5 Å². The predicted molar refractivity (Wildman–Crippen MR) is 139 cm³/mol. The molecule has 4 rings (SSSR count). The zero-order valence-electron chi connectivity index (χ0n) is 18.2. The van der Waals surface area contributed by atoms with Gasteiger partial charge in [0.1, 0.15) is 11.8 Å². The molecule has 0 bridgehead atoms. The molecule has 0 spiro atoms. The Balaban J connectivity index is 1.61. The first-order valence-electron chi connectivity index (χ1n) is 10.4. The lowest BCUT2D eigenvalue weighted by Gasteiger charge is -2.24. The van der Waals surface area contributed by atoms with E-state index in [0.717, 1.165) is 11.3 Å². The van der Waals surface area contributed by atoms with Crippen LogP contribution in [-0.2, 0) is 16.1 Å². The molecule has 9 heteroatoms. The van der Waals surface area contributed by atoms with Crippen molar-refractivity contribution in [3.8, 4) is 5.75 Å². The Kier molecular flexibility index (Phi) is 7.36. The van der Waals surface area contributed by atoms with Crippen molar-refractivity contribution in [1.29, 1.82) is 0 Å². The van der Waals surface area contributed by atoms with Gasteiger partial charge in [-0.15, -0.1) is 0 Å². The molecule has 0 saturated carbocycles. The maximum absolute atomic E-state index is 13.5. The van der Waals surface area contributed by atoms with Crippen LogP contribution in [0, 0.1) is 0 Å². The number of carbonyl (C=O) groups excluding carboxylic acids is 2. The van der Waals surface area contributed by atoms with Gasteiger partial charge < -0.3 is 15.0 Å². The number of hydrogen-bond donors (Lipinski definition) is 1. The summed E-state index contributed by atoms with van der Waals surface area (Å²) >= 11 is 17.9. The lowest BCUT2D eigenvalue weighted by Crippen LogP contribution is -2.37. The molecule has 1 aliphatic rings. The van der Waals surface area contributed by atoms with E-state index in [1.165, 1.54) is 4.90 Å². The summed E-state index contributed by atoms with van der Waals surface area (Å²) in [6, 6.07) is 20.5. The Hall–Kier alpha value is -3.13. The van der Waals surface area contributed by atoms with Crippen molar-refractivity contribution in [3.63, 3.8) is 0 Å². The SMILES string of the molecule is COc1ccc(CN2C(=S)N(c3ccc(Cl)cc3)C(=O)[C@@H]2CC(=O)Nc2ccccc2Cl)cc1. The molecule has 174 valence electrons. The van der Waals surface area contributed by atoms with Crippen LogP contribution in [0.2, 0.25) is 10.0 Å². The average Bonchev–Trinajstić information content (AvgIpc) is 3.05. The van der Waals surface area contributed by atoms with Crippen LogP contribution in [0.3, 0.4) is 0 Å². The predicted octanol–water partition coefficient (Wildman–Crippen LogP) is 5.53. The van der Waals surface area contributed by atoms with Crippen molar-refractivity contribution in [3.05, 3.63) is 88.4 Å². The van der Waals surface area contributed by atoms with Gasteiger partial charge in [0.15, 0.2) is 5.11 Å². The van der Waals surface area contributed by atoms with E-state index in [-0.39, 0.29) is 18.2 Å². The number of amides is 2. The molecule has 0 aromatic heterocycles. The van der Waals surface area contributed by atoms with Gasteiger partial charge in [-0.3, -0.25) is 14.5 Å². The smallest absolute Gasteiger partial charge is 0.256 e. The van der Waals surface area contributed by atoms with Crippen molar-refractivity contribution in [1.82, 2.24) is 4.90 Å². The minimum Gasteiger partial charge on any atom is -0.497 e. The number of nitrogens with one attached hydrogen (secondary N) is 1. The third-order valence-electron chi connectivity index (χ3n) is 5.44.